The molecule has 2 aliphatic heterocycles. The number of aryl methyl sites for hydroxylation is 1. The molecule has 1 aromatic heterocycles. The molecule has 1 N–H and O–H groups in total. The normalized spacial score (nSPS) is 22.1. The first-order valence-electron chi connectivity index (χ1n) is 9.84. The van der Waals surface area contributed by atoms with Gasteiger partial charge in [0.1, 0.15) is 11.6 Å². The molecule has 0 atom stereocenters. The molecule has 0 aliphatic carbocycles. The minimum atomic E-state index is 0.125. The van der Waals surface area contributed by atoms with Crippen LogP contribution in [0.5, 0.6) is 0 Å². The van der Waals surface area contributed by atoms with Gasteiger partial charge in [-0.2, -0.15) is 0 Å². The predicted molar refractivity (Wildman–Crippen MR) is 102 cm³/mol. The van der Waals surface area contributed by atoms with Crippen molar-refractivity contribution in [2.75, 3.05) is 19.6 Å². The number of rotatable bonds is 4. The highest BCUT2D eigenvalue weighted by Crippen LogP contribution is 2.46. The molecule has 2 aliphatic rings. The van der Waals surface area contributed by atoms with E-state index in [0.29, 0.717) is 5.41 Å². The van der Waals surface area contributed by atoms with Crippen LogP contribution in [-0.4, -0.2) is 50.8 Å². The largest absolute Gasteiger partial charge is 0.356 e. The van der Waals surface area contributed by atoms with Crippen molar-refractivity contribution in [1.29, 1.82) is 0 Å². The van der Waals surface area contributed by atoms with Crippen LogP contribution in [0, 0.1) is 5.41 Å². The van der Waals surface area contributed by atoms with E-state index in [0.717, 1.165) is 56.6 Å². The molecule has 6 heteroatoms. The number of aromatic nitrogens is 3. The topological polar surface area (TPSA) is 58.3 Å². The fourth-order valence-corrected chi connectivity index (χ4v) is 3.79. The van der Waals surface area contributed by atoms with Gasteiger partial charge in [-0.3, -0.25) is 4.99 Å². The van der Waals surface area contributed by atoms with E-state index in [2.05, 4.69) is 59.6 Å². The minimum absolute atomic E-state index is 0.125. The van der Waals surface area contributed by atoms with E-state index < -0.39 is 0 Å². The maximum atomic E-state index is 4.89. The standard InChI is InChI=1S/C19H34N6/c1-6-20-17(25-14-18(2,3)19(25,4)5)21-12-11-16-23-22-15-10-8-7-9-13-24(15)16/h6-14H2,1-5H3,(H,20,21). The highest BCUT2D eigenvalue weighted by atomic mass is 15.4. The molecule has 1 saturated heterocycles. The summed E-state index contributed by atoms with van der Waals surface area (Å²) in [5, 5.41) is 12.3. The summed E-state index contributed by atoms with van der Waals surface area (Å²) in [6, 6.07) is 0. The lowest BCUT2D eigenvalue weighted by Crippen LogP contribution is -2.72. The van der Waals surface area contributed by atoms with Crippen LogP contribution in [0.2, 0.25) is 0 Å². The third-order valence-corrected chi connectivity index (χ3v) is 6.26. The SMILES string of the molecule is CCNC(=NCCc1nnc2n1CCCCC2)N1CC(C)(C)C1(C)C. The molecular formula is C19H34N6. The van der Waals surface area contributed by atoms with Crippen molar-refractivity contribution < 1.29 is 0 Å². The van der Waals surface area contributed by atoms with Gasteiger partial charge in [0.15, 0.2) is 5.96 Å². The average Bonchev–Trinajstić information content (AvgIpc) is 2.79. The van der Waals surface area contributed by atoms with Crippen molar-refractivity contribution in [2.45, 2.75) is 78.8 Å². The molecule has 0 unspecified atom stereocenters. The van der Waals surface area contributed by atoms with Crippen LogP contribution in [0.3, 0.4) is 0 Å². The van der Waals surface area contributed by atoms with E-state index in [1.807, 2.05) is 0 Å². The Balaban J connectivity index is 1.66. The maximum absolute atomic E-state index is 4.89. The number of hydrogen-bond acceptors (Lipinski definition) is 3. The molecule has 3 rings (SSSR count). The van der Waals surface area contributed by atoms with Crippen molar-refractivity contribution in [3.63, 3.8) is 0 Å². The van der Waals surface area contributed by atoms with Crippen molar-refractivity contribution in [2.24, 2.45) is 10.4 Å². The lowest BCUT2D eigenvalue weighted by atomic mass is 9.65. The van der Waals surface area contributed by atoms with Crippen molar-refractivity contribution in [3.8, 4) is 0 Å². The zero-order valence-corrected chi connectivity index (χ0v) is 16.6. The number of nitrogens with zero attached hydrogens (tertiary/aromatic N) is 5. The van der Waals surface area contributed by atoms with Crippen LogP contribution in [0.15, 0.2) is 4.99 Å². The summed E-state index contributed by atoms with van der Waals surface area (Å²) in [7, 11) is 0. The number of nitrogens with one attached hydrogen (secondary N) is 1. The van der Waals surface area contributed by atoms with E-state index in [-0.39, 0.29) is 5.54 Å². The van der Waals surface area contributed by atoms with Gasteiger partial charge in [-0.05, 0) is 33.6 Å². The number of hydrogen-bond donors (Lipinski definition) is 1. The minimum Gasteiger partial charge on any atom is -0.356 e. The highest BCUT2D eigenvalue weighted by molar-refractivity contribution is 5.82. The molecule has 1 fully saturated rings. The van der Waals surface area contributed by atoms with Gasteiger partial charge in [-0.15, -0.1) is 10.2 Å². The summed E-state index contributed by atoms with van der Waals surface area (Å²) >= 11 is 0. The molecule has 25 heavy (non-hydrogen) atoms. The van der Waals surface area contributed by atoms with Gasteiger partial charge in [0.25, 0.3) is 0 Å². The Bertz CT molecular complexity index is 628. The van der Waals surface area contributed by atoms with Gasteiger partial charge in [0.05, 0.1) is 0 Å². The lowest BCUT2D eigenvalue weighted by Gasteiger charge is -2.62. The van der Waals surface area contributed by atoms with E-state index in [1.165, 1.54) is 19.3 Å². The fraction of sp³-hybridized carbons (Fsp3) is 0.842. The van der Waals surface area contributed by atoms with E-state index in [1.54, 1.807) is 0 Å². The summed E-state index contributed by atoms with van der Waals surface area (Å²) in [6.45, 7) is 15.2. The van der Waals surface area contributed by atoms with Gasteiger partial charge in [-0.1, -0.05) is 20.3 Å². The number of fused-ring (bicyclic) bond motifs is 1. The Morgan fingerprint density at radius 1 is 1.16 bits per heavy atom. The first-order chi connectivity index (χ1) is 11.9. The second-order valence-corrected chi connectivity index (χ2v) is 8.51. The van der Waals surface area contributed by atoms with E-state index >= 15 is 0 Å². The molecule has 3 heterocycles. The maximum Gasteiger partial charge on any atom is 0.194 e. The Hall–Kier alpha value is -1.59. The zero-order valence-electron chi connectivity index (χ0n) is 16.6. The number of aliphatic imine (C=N–C) groups is 1. The highest BCUT2D eigenvalue weighted by Gasteiger charge is 2.53. The molecule has 0 amide bonds. The zero-order chi connectivity index (χ0) is 18.1. The van der Waals surface area contributed by atoms with Crippen molar-refractivity contribution in [1.82, 2.24) is 25.0 Å². The van der Waals surface area contributed by atoms with Crippen molar-refractivity contribution >= 4 is 5.96 Å². The van der Waals surface area contributed by atoms with Gasteiger partial charge in [0.2, 0.25) is 0 Å². The Labute approximate surface area is 152 Å². The Kier molecular flexibility index (Phi) is 5.07. The third kappa shape index (κ3) is 3.40. The summed E-state index contributed by atoms with van der Waals surface area (Å²) in [5.74, 6) is 3.29. The van der Waals surface area contributed by atoms with Crippen LogP contribution in [0.25, 0.3) is 0 Å². The molecule has 0 aromatic carbocycles. The third-order valence-electron chi connectivity index (χ3n) is 6.26. The quantitative estimate of drug-likeness (QED) is 0.672. The molecule has 0 bridgehead atoms. The molecule has 0 spiro atoms. The van der Waals surface area contributed by atoms with E-state index in [4.69, 9.17) is 4.99 Å². The second-order valence-electron chi connectivity index (χ2n) is 8.51. The average molecular weight is 347 g/mol. The molecule has 140 valence electrons. The molecule has 6 nitrogen and oxygen atoms in total. The molecule has 0 saturated carbocycles. The van der Waals surface area contributed by atoms with Gasteiger partial charge in [0, 0.05) is 50.0 Å². The number of guanidine groups is 1. The molecular weight excluding hydrogens is 312 g/mol. The summed E-state index contributed by atoms with van der Waals surface area (Å²) in [5.41, 5.74) is 0.438. The van der Waals surface area contributed by atoms with Gasteiger partial charge >= 0.3 is 0 Å². The summed E-state index contributed by atoms with van der Waals surface area (Å²) < 4.78 is 2.33. The van der Waals surface area contributed by atoms with Gasteiger partial charge in [-0.25, -0.2) is 0 Å². The van der Waals surface area contributed by atoms with Crippen LogP contribution >= 0.6 is 0 Å². The van der Waals surface area contributed by atoms with Gasteiger partial charge < -0.3 is 14.8 Å². The number of likely N-dealkylation sites (tertiary alicyclic amines) is 1. The first kappa shape index (κ1) is 18.2. The van der Waals surface area contributed by atoms with Crippen LogP contribution in [0.4, 0.5) is 0 Å². The van der Waals surface area contributed by atoms with Crippen LogP contribution < -0.4 is 5.32 Å². The smallest absolute Gasteiger partial charge is 0.194 e. The Morgan fingerprint density at radius 2 is 1.96 bits per heavy atom. The summed E-state index contributed by atoms with van der Waals surface area (Å²) in [6.07, 6.45) is 5.70. The molecule has 1 aromatic rings. The fourth-order valence-electron chi connectivity index (χ4n) is 3.79. The lowest BCUT2D eigenvalue weighted by molar-refractivity contribution is -0.0667. The van der Waals surface area contributed by atoms with Crippen LogP contribution in [0.1, 0.15) is 65.5 Å². The monoisotopic (exact) mass is 346 g/mol. The van der Waals surface area contributed by atoms with E-state index in [9.17, 15) is 0 Å². The molecule has 0 radical (unpaired) electrons. The Morgan fingerprint density at radius 3 is 2.64 bits per heavy atom. The van der Waals surface area contributed by atoms with Crippen molar-refractivity contribution in [3.05, 3.63) is 11.6 Å². The first-order valence-corrected chi connectivity index (χ1v) is 9.84. The van der Waals surface area contributed by atoms with Crippen LogP contribution in [-0.2, 0) is 19.4 Å². The second kappa shape index (κ2) is 6.96. The summed E-state index contributed by atoms with van der Waals surface area (Å²) in [4.78, 5) is 7.30. The predicted octanol–water partition coefficient (Wildman–Crippen LogP) is 2.63.